The van der Waals surface area contributed by atoms with Gasteiger partial charge in [-0.25, -0.2) is 4.98 Å². The predicted octanol–water partition coefficient (Wildman–Crippen LogP) is 2.82. The maximum absolute atomic E-state index is 4.22. The Kier molecular flexibility index (Phi) is 4.54. The minimum absolute atomic E-state index is 0.382. The molecule has 0 saturated carbocycles. The monoisotopic (exact) mass is 223 g/mol. The van der Waals surface area contributed by atoms with Gasteiger partial charge >= 0.3 is 0 Å². The van der Waals surface area contributed by atoms with Crippen LogP contribution in [0.2, 0.25) is 0 Å². The van der Waals surface area contributed by atoms with Crippen LogP contribution in [0, 0.1) is 5.41 Å². The van der Waals surface area contributed by atoms with Crippen molar-refractivity contribution in [3.8, 4) is 0 Å². The second-order valence-corrected chi connectivity index (χ2v) is 5.92. The average molecular weight is 223 g/mol. The summed E-state index contributed by atoms with van der Waals surface area (Å²) in [5.41, 5.74) is 1.66. The zero-order valence-electron chi connectivity index (χ0n) is 11.2. The van der Waals surface area contributed by atoms with Crippen LogP contribution in [0.15, 0.2) is 12.5 Å². The van der Waals surface area contributed by atoms with Crippen LogP contribution >= 0.6 is 0 Å². The molecule has 0 aliphatic carbocycles. The summed E-state index contributed by atoms with van der Waals surface area (Å²) in [5, 5.41) is 3.42. The molecule has 0 aromatic carbocycles. The number of aromatic nitrogens is 2. The summed E-state index contributed by atoms with van der Waals surface area (Å²) in [6.45, 7) is 13.1. The lowest BCUT2D eigenvalue weighted by Gasteiger charge is -2.19. The SMILES string of the molecule is CC(C)NCc1cncn1CCC(C)(C)C. The third-order valence-corrected chi connectivity index (χ3v) is 2.59. The molecule has 0 fully saturated rings. The van der Waals surface area contributed by atoms with Crippen molar-refractivity contribution < 1.29 is 0 Å². The van der Waals surface area contributed by atoms with Gasteiger partial charge in [0.15, 0.2) is 0 Å². The largest absolute Gasteiger partial charge is 0.333 e. The van der Waals surface area contributed by atoms with Crippen molar-refractivity contribution in [2.75, 3.05) is 0 Å². The smallest absolute Gasteiger partial charge is 0.0948 e. The molecule has 0 atom stereocenters. The van der Waals surface area contributed by atoms with Crippen LogP contribution in [0.25, 0.3) is 0 Å². The first-order valence-electron chi connectivity index (χ1n) is 6.11. The molecule has 92 valence electrons. The molecule has 0 aliphatic heterocycles. The quantitative estimate of drug-likeness (QED) is 0.832. The second-order valence-electron chi connectivity index (χ2n) is 5.92. The highest BCUT2D eigenvalue weighted by molar-refractivity contribution is 4.98. The lowest BCUT2D eigenvalue weighted by molar-refractivity contribution is 0.347. The fourth-order valence-corrected chi connectivity index (χ4v) is 1.46. The highest BCUT2D eigenvalue weighted by Crippen LogP contribution is 2.19. The summed E-state index contributed by atoms with van der Waals surface area (Å²) in [7, 11) is 0. The molecule has 1 rings (SSSR count). The average Bonchev–Trinajstić information content (AvgIpc) is 2.57. The van der Waals surface area contributed by atoms with Gasteiger partial charge in [-0.1, -0.05) is 34.6 Å². The van der Waals surface area contributed by atoms with Gasteiger partial charge in [-0.15, -0.1) is 0 Å². The Morgan fingerprint density at radius 2 is 2.06 bits per heavy atom. The molecule has 1 aromatic rings. The van der Waals surface area contributed by atoms with Crippen LogP contribution in [0.3, 0.4) is 0 Å². The summed E-state index contributed by atoms with van der Waals surface area (Å²) >= 11 is 0. The number of hydrogen-bond acceptors (Lipinski definition) is 2. The number of aryl methyl sites for hydroxylation is 1. The molecule has 16 heavy (non-hydrogen) atoms. The zero-order valence-corrected chi connectivity index (χ0v) is 11.2. The van der Waals surface area contributed by atoms with Crippen LogP contribution in [-0.2, 0) is 13.1 Å². The molecule has 0 bridgehead atoms. The van der Waals surface area contributed by atoms with Crippen LogP contribution in [-0.4, -0.2) is 15.6 Å². The molecule has 3 nitrogen and oxygen atoms in total. The minimum atomic E-state index is 0.382. The fraction of sp³-hybridized carbons (Fsp3) is 0.769. The number of hydrogen-bond donors (Lipinski definition) is 1. The summed E-state index contributed by atoms with van der Waals surface area (Å²) in [6, 6.07) is 0.519. The van der Waals surface area contributed by atoms with Crippen molar-refractivity contribution >= 4 is 0 Å². The number of nitrogens with one attached hydrogen (secondary N) is 1. The summed E-state index contributed by atoms with van der Waals surface area (Å²) < 4.78 is 2.25. The van der Waals surface area contributed by atoms with E-state index in [0.717, 1.165) is 13.1 Å². The van der Waals surface area contributed by atoms with Crippen molar-refractivity contribution in [3.05, 3.63) is 18.2 Å². The summed E-state index contributed by atoms with van der Waals surface area (Å²) in [6.07, 6.45) is 5.07. The van der Waals surface area contributed by atoms with E-state index in [-0.39, 0.29) is 0 Å². The van der Waals surface area contributed by atoms with Crippen LogP contribution in [0.1, 0.15) is 46.7 Å². The summed E-state index contributed by atoms with van der Waals surface area (Å²) in [5.74, 6) is 0. The van der Waals surface area contributed by atoms with Crippen LogP contribution in [0.5, 0.6) is 0 Å². The second kappa shape index (κ2) is 5.48. The Morgan fingerprint density at radius 1 is 1.38 bits per heavy atom. The van der Waals surface area contributed by atoms with E-state index in [1.165, 1.54) is 12.1 Å². The Bertz CT molecular complexity index is 307. The van der Waals surface area contributed by atoms with E-state index in [0.29, 0.717) is 11.5 Å². The first kappa shape index (κ1) is 13.2. The lowest BCUT2D eigenvalue weighted by Crippen LogP contribution is -2.23. The third kappa shape index (κ3) is 4.79. The lowest BCUT2D eigenvalue weighted by atomic mass is 9.92. The Morgan fingerprint density at radius 3 is 2.62 bits per heavy atom. The van der Waals surface area contributed by atoms with Crippen molar-refractivity contribution in [1.82, 2.24) is 14.9 Å². The van der Waals surface area contributed by atoms with Gasteiger partial charge in [0.1, 0.15) is 0 Å². The third-order valence-electron chi connectivity index (χ3n) is 2.59. The fourth-order valence-electron chi connectivity index (χ4n) is 1.46. The van der Waals surface area contributed by atoms with E-state index in [1.807, 2.05) is 12.5 Å². The van der Waals surface area contributed by atoms with Gasteiger partial charge in [-0.3, -0.25) is 0 Å². The van der Waals surface area contributed by atoms with Gasteiger partial charge in [-0.05, 0) is 11.8 Å². The standard InChI is InChI=1S/C13H25N3/c1-11(2)15-9-12-8-14-10-16(12)7-6-13(3,4)5/h8,10-11,15H,6-7,9H2,1-5H3. The molecular weight excluding hydrogens is 198 g/mol. The molecule has 0 spiro atoms. The molecule has 0 unspecified atom stereocenters. The van der Waals surface area contributed by atoms with Gasteiger partial charge in [0, 0.05) is 25.3 Å². The Hall–Kier alpha value is -0.830. The van der Waals surface area contributed by atoms with Gasteiger partial charge in [0.25, 0.3) is 0 Å². The first-order valence-corrected chi connectivity index (χ1v) is 6.11. The number of nitrogens with zero attached hydrogens (tertiary/aromatic N) is 2. The van der Waals surface area contributed by atoms with Gasteiger partial charge < -0.3 is 9.88 Å². The maximum Gasteiger partial charge on any atom is 0.0948 e. The van der Waals surface area contributed by atoms with E-state index in [9.17, 15) is 0 Å². The van der Waals surface area contributed by atoms with Gasteiger partial charge in [0.05, 0.1) is 12.0 Å². The highest BCUT2D eigenvalue weighted by atomic mass is 15.1. The first-order chi connectivity index (χ1) is 7.38. The molecule has 0 saturated heterocycles. The van der Waals surface area contributed by atoms with E-state index in [2.05, 4.69) is 49.5 Å². The molecule has 1 aromatic heterocycles. The number of imidazole rings is 1. The topological polar surface area (TPSA) is 29.9 Å². The molecule has 1 N–H and O–H groups in total. The van der Waals surface area contributed by atoms with Crippen molar-refractivity contribution in [2.24, 2.45) is 5.41 Å². The van der Waals surface area contributed by atoms with Crippen molar-refractivity contribution in [3.63, 3.8) is 0 Å². The molecule has 3 heteroatoms. The van der Waals surface area contributed by atoms with E-state index in [4.69, 9.17) is 0 Å². The highest BCUT2D eigenvalue weighted by Gasteiger charge is 2.11. The minimum Gasteiger partial charge on any atom is -0.333 e. The van der Waals surface area contributed by atoms with Gasteiger partial charge in [0.2, 0.25) is 0 Å². The molecular formula is C13H25N3. The molecule has 0 aliphatic rings. The normalized spacial score (nSPS) is 12.4. The predicted molar refractivity (Wildman–Crippen MR) is 68.3 cm³/mol. The Labute approximate surface area is 99.3 Å². The zero-order chi connectivity index (χ0) is 12.2. The van der Waals surface area contributed by atoms with Crippen molar-refractivity contribution in [2.45, 2.75) is 60.2 Å². The molecule has 1 heterocycles. The maximum atomic E-state index is 4.22. The van der Waals surface area contributed by atoms with E-state index < -0.39 is 0 Å². The van der Waals surface area contributed by atoms with Gasteiger partial charge in [-0.2, -0.15) is 0 Å². The van der Waals surface area contributed by atoms with E-state index >= 15 is 0 Å². The van der Waals surface area contributed by atoms with Crippen LogP contribution < -0.4 is 5.32 Å². The Balaban J connectivity index is 2.50. The molecule has 0 amide bonds. The number of rotatable bonds is 5. The van der Waals surface area contributed by atoms with Crippen LogP contribution in [0.4, 0.5) is 0 Å². The van der Waals surface area contributed by atoms with E-state index in [1.54, 1.807) is 0 Å². The van der Waals surface area contributed by atoms with Crippen molar-refractivity contribution in [1.29, 1.82) is 0 Å². The summed E-state index contributed by atoms with van der Waals surface area (Å²) in [4.78, 5) is 4.22. The molecule has 0 radical (unpaired) electrons.